The molecule has 32 heavy (non-hydrogen) atoms. The van der Waals surface area contributed by atoms with Crippen LogP contribution in [0, 0.1) is 0 Å². The van der Waals surface area contributed by atoms with Crippen LogP contribution in [-0.4, -0.2) is 37.5 Å². The number of nitrogens with zero attached hydrogens (tertiary/aromatic N) is 1. The van der Waals surface area contributed by atoms with Crippen LogP contribution >= 0.6 is 0 Å². The van der Waals surface area contributed by atoms with Gasteiger partial charge in [0.15, 0.2) is 13.2 Å². The summed E-state index contributed by atoms with van der Waals surface area (Å²) in [6.07, 6.45) is -0.0216. The fourth-order valence-electron chi connectivity index (χ4n) is 3.81. The van der Waals surface area contributed by atoms with E-state index in [0.29, 0.717) is 11.4 Å². The second kappa shape index (κ2) is 9.51. The van der Waals surface area contributed by atoms with Crippen LogP contribution in [-0.2, 0) is 19.1 Å². The molecule has 2 amide bonds. The Hall–Kier alpha value is -3.87. The Morgan fingerprint density at radius 1 is 1.06 bits per heavy atom. The number of hydrogen-bond acceptors (Lipinski definition) is 5. The third-order valence-electron chi connectivity index (χ3n) is 5.38. The molecular formula is C25H24N2O5. The zero-order chi connectivity index (χ0) is 22.5. The lowest BCUT2D eigenvalue weighted by Crippen LogP contribution is -2.40. The molecule has 1 aliphatic rings. The lowest BCUT2D eigenvalue weighted by atomic mass is 10.00. The van der Waals surface area contributed by atoms with Crippen molar-refractivity contribution in [1.82, 2.24) is 5.32 Å². The van der Waals surface area contributed by atoms with E-state index in [2.05, 4.69) is 5.32 Å². The van der Waals surface area contributed by atoms with Gasteiger partial charge >= 0.3 is 5.97 Å². The molecule has 0 fully saturated rings. The molecule has 1 aliphatic heterocycles. The van der Waals surface area contributed by atoms with E-state index >= 15 is 0 Å². The number of nitrogens with one attached hydrogen (secondary N) is 1. The van der Waals surface area contributed by atoms with Crippen LogP contribution in [0.4, 0.5) is 5.69 Å². The Morgan fingerprint density at radius 2 is 1.81 bits per heavy atom. The molecule has 7 heteroatoms. The predicted octanol–water partition coefficient (Wildman–Crippen LogP) is 3.38. The van der Waals surface area contributed by atoms with Crippen molar-refractivity contribution in [2.24, 2.45) is 0 Å². The summed E-state index contributed by atoms with van der Waals surface area (Å²) < 4.78 is 10.5. The highest BCUT2D eigenvalue weighted by atomic mass is 16.5. The van der Waals surface area contributed by atoms with Gasteiger partial charge in [0, 0.05) is 6.54 Å². The molecule has 164 valence electrons. The number of fused-ring (bicyclic) bond motifs is 2. The highest BCUT2D eigenvalue weighted by molar-refractivity contribution is 5.98. The highest BCUT2D eigenvalue weighted by Crippen LogP contribution is 2.31. The summed E-state index contributed by atoms with van der Waals surface area (Å²) in [7, 11) is 0. The minimum absolute atomic E-state index is 0.0216. The molecule has 1 N–H and O–H groups in total. The van der Waals surface area contributed by atoms with Gasteiger partial charge in [-0.15, -0.1) is 0 Å². The first kappa shape index (κ1) is 21.4. The number of amides is 2. The van der Waals surface area contributed by atoms with E-state index in [9.17, 15) is 14.4 Å². The van der Waals surface area contributed by atoms with Crippen molar-refractivity contribution in [1.29, 1.82) is 0 Å². The van der Waals surface area contributed by atoms with Gasteiger partial charge in [-0.1, -0.05) is 54.6 Å². The van der Waals surface area contributed by atoms with Crippen LogP contribution < -0.4 is 15.0 Å². The fourth-order valence-corrected chi connectivity index (χ4v) is 3.81. The first-order chi connectivity index (χ1) is 15.5. The van der Waals surface area contributed by atoms with Gasteiger partial charge in [-0.2, -0.15) is 0 Å². The summed E-state index contributed by atoms with van der Waals surface area (Å²) in [6.45, 7) is 1.61. The normalized spacial score (nSPS) is 13.8. The first-order valence-corrected chi connectivity index (χ1v) is 10.5. The summed E-state index contributed by atoms with van der Waals surface area (Å²) in [5.74, 6) is -0.554. The maximum atomic E-state index is 12.3. The summed E-state index contributed by atoms with van der Waals surface area (Å²) in [5.41, 5.74) is 1.62. The minimum Gasteiger partial charge on any atom is -0.482 e. The summed E-state index contributed by atoms with van der Waals surface area (Å²) in [6, 6.07) is 20.8. The number of anilines is 1. The van der Waals surface area contributed by atoms with Crippen molar-refractivity contribution in [3.05, 3.63) is 72.3 Å². The van der Waals surface area contributed by atoms with E-state index in [1.807, 2.05) is 55.5 Å². The maximum absolute atomic E-state index is 12.3. The summed E-state index contributed by atoms with van der Waals surface area (Å²) >= 11 is 0. The molecule has 0 aromatic heterocycles. The topological polar surface area (TPSA) is 84.9 Å². The first-order valence-electron chi connectivity index (χ1n) is 10.5. The number of hydrogen-bond donors (Lipinski definition) is 1. The molecule has 7 nitrogen and oxygen atoms in total. The zero-order valence-electron chi connectivity index (χ0n) is 17.7. The number of rotatable bonds is 7. The number of para-hydroxylation sites is 2. The Balaban J connectivity index is 1.28. The Bertz CT molecular complexity index is 1150. The monoisotopic (exact) mass is 432 g/mol. The molecule has 1 heterocycles. The van der Waals surface area contributed by atoms with E-state index in [1.54, 1.807) is 18.2 Å². The standard InChI is InChI=1S/C25H24N2O5/c1-17(19-10-6-8-18-7-2-3-9-20(18)19)26-23(28)15-32-25(30)13-14-27-21-11-4-5-12-22(21)31-16-24(27)29/h2-12,17H,13-16H2,1H3,(H,26,28). The van der Waals surface area contributed by atoms with Crippen LogP contribution in [0.3, 0.4) is 0 Å². The van der Waals surface area contributed by atoms with Crippen LogP contribution in [0.5, 0.6) is 5.75 Å². The molecule has 0 aliphatic carbocycles. The number of esters is 1. The van der Waals surface area contributed by atoms with Crippen molar-refractivity contribution in [3.63, 3.8) is 0 Å². The lowest BCUT2D eigenvalue weighted by Gasteiger charge is -2.28. The molecule has 0 saturated carbocycles. The minimum atomic E-state index is -0.547. The number of ether oxygens (including phenoxy) is 2. The van der Waals surface area contributed by atoms with Crippen molar-refractivity contribution in [2.75, 3.05) is 24.7 Å². The number of carbonyl (C=O) groups excluding carboxylic acids is 3. The summed E-state index contributed by atoms with van der Waals surface area (Å²) in [5, 5.41) is 5.03. The lowest BCUT2D eigenvalue weighted by molar-refractivity contribution is -0.148. The Morgan fingerprint density at radius 3 is 2.69 bits per heavy atom. The molecule has 0 saturated heterocycles. The van der Waals surface area contributed by atoms with Crippen LogP contribution in [0.1, 0.15) is 24.9 Å². The van der Waals surface area contributed by atoms with Gasteiger partial charge in [0.2, 0.25) is 0 Å². The molecule has 4 rings (SSSR count). The average Bonchev–Trinajstić information content (AvgIpc) is 2.81. The van der Waals surface area contributed by atoms with Gasteiger partial charge in [0.05, 0.1) is 18.2 Å². The summed E-state index contributed by atoms with van der Waals surface area (Å²) in [4.78, 5) is 38.2. The second-order valence-corrected chi connectivity index (χ2v) is 7.57. The molecule has 0 spiro atoms. The van der Waals surface area contributed by atoms with E-state index in [4.69, 9.17) is 9.47 Å². The van der Waals surface area contributed by atoms with Gasteiger partial charge < -0.3 is 19.7 Å². The highest BCUT2D eigenvalue weighted by Gasteiger charge is 2.25. The predicted molar refractivity (Wildman–Crippen MR) is 120 cm³/mol. The van der Waals surface area contributed by atoms with Gasteiger partial charge in [-0.05, 0) is 35.4 Å². The van der Waals surface area contributed by atoms with E-state index < -0.39 is 5.97 Å². The van der Waals surface area contributed by atoms with Crippen molar-refractivity contribution >= 4 is 34.2 Å². The third kappa shape index (κ3) is 4.72. The molecule has 3 aromatic carbocycles. The quantitative estimate of drug-likeness (QED) is 0.579. The maximum Gasteiger partial charge on any atom is 0.308 e. The zero-order valence-corrected chi connectivity index (χ0v) is 17.7. The SMILES string of the molecule is CC(NC(=O)COC(=O)CCN1C(=O)COc2ccccc21)c1cccc2ccccc12. The van der Waals surface area contributed by atoms with Gasteiger partial charge in [-0.3, -0.25) is 14.4 Å². The Kier molecular flexibility index (Phi) is 6.35. The van der Waals surface area contributed by atoms with Crippen LogP contribution in [0.25, 0.3) is 10.8 Å². The van der Waals surface area contributed by atoms with E-state index in [-0.39, 0.29) is 44.0 Å². The molecule has 0 bridgehead atoms. The van der Waals surface area contributed by atoms with Crippen molar-refractivity contribution < 1.29 is 23.9 Å². The molecule has 1 unspecified atom stereocenters. The van der Waals surface area contributed by atoms with Crippen molar-refractivity contribution in [3.8, 4) is 5.75 Å². The van der Waals surface area contributed by atoms with Gasteiger partial charge in [0.1, 0.15) is 5.75 Å². The Labute approximate surface area is 185 Å². The third-order valence-corrected chi connectivity index (χ3v) is 5.38. The molecule has 0 radical (unpaired) electrons. The fraction of sp³-hybridized carbons (Fsp3) is 0.240. The van der Waals surface area contributed by atoms with Crippen molar-refractivity contribution in [2.45, 2.75) is 19.4 Å². The van der Waals surface area contributed by atoms with Gasteiger partial charge in [0.25, 0.3) is 11.8 Å². The molecule has 1 atom stereocenters. The van der Waals surface area contributed by atoms with Crippen LogP contribution in [0.2, 0.25) is 0 Å². The largest absolute Gasteiger partial charge is 0.482 e. The van der Waals surface area contributed by atoms with Gasteiger partial charge in [-0.25, -0.2) is 0 Å². The smallest absolute Gasteiger partial charge is 0.308 e. The van der Waals surface area contributed by atoms with E-state index in [0.717, 1.165) is 16.3 Å². The number of carbonyl (C=O) groups is 3. The van der Waals surface area contributed by atoms with Crippen LogP contribution in [0.15, 0.2) is 66.7 Å². The molecular weight excluding hydrogens is 408 g/mol. The van der Waals surface area contributed by atoms with E-state index in [1.165, 1.54) is 4.90 Å². The number of benzene rings is 3. The molecule has 3 aromatic rings. The average molecular weight is 432 g/mol. The second-order valence-electron chi connectivity index (χ2n) is 7.57.